The minimum Gasteiger partial charge on any atom is -0.299 e. The second-order valence-corrected chi connectivity index (χ2v) is 6.02. The van der Waals surface area contributed by atoms with E-state index in [1.54, 1.807) is 36.4 Å². The molecule has 0 fully saturated rings. The molecule has 0 aromatic heterocycles. The molecule has 2 aromatic rings. The third-order valence-corrected chi connectivity index (χ3v) is 4.25. The van der Waals surface area contributed by atoms with Gasteiger partial charge in [-0.2, -0.15) is 0 Å². The van der Waals surface area contributed by atoms with E-state index in [0.29, 0.717) is 32.9 Å². The first kappa shape index (κ1) is 15.7. The molecule has 0 amide bonds. The first-order valence-electron chi connectivity index (χ1n) is 5.85. The Morgan fingerprint density at radius 1 is 0.700 bits per heavy atom. The van der Waals surface area contributed by atoms with E-state index in [0.717, 1.165) is 11.1 Å². The minimum atomic E-state index is 0.0711. The summed E-state index contributed by atoms with van der Waals surface area (Å²) in [7, 11) is 0. The van der Waals surface area contributed by atoms with Crippen LogP contribution in [0.5, 0.6) is 0 Å². The molecule has 0 aliphatic heterocycles. The number of hydrogen-bond acceptors (Lipinski definition) is 1. The summed E-state index contributed by atoms with van der Waals surface area (Å²) < 4.78 is 0. The Balaban J connectivity index is 2.04. The summed E-state index contributed by atoms with van der Waals surface area (Å²) in [5.41, 5.74) is 1.67. The molecular weight excluding hydrogens is 338 g/mol. The molecule has 0 radical (unpaired) electrons. The van der Waals surface area contributed by atoms with E-state index in [-0.39, 0.29) is 5.78 Å². The fourth-order valence-corrected chi connectivity index (χ4v) is 2.46. The van der Waals surface area contributed by atoms with Crippen molar-refractivity contribution in [1.29, 1.82) is 0 Å². The average molecular weight is 348 g/mol. The smallest absolute Gasteiger partial charge is 0.141 e. The number of ketones is 1. The van der Waals surface area contributed by atoms with E-state index >= 15 is 0 Å². The van der Waals surface area contributed by atoms with Crippen LogP contribution in [0.3, 0.4) is 0 Å². The van der Waals surface area contributed by atoms with E-state index in [4.69, 9.17) is 46.4 Å². The topological polar surface area (TPSA) is 17.1 Å². The molecule has 0 saturated carbocycles. The highest BCUT2D eigenvalue weighted by molar-refractivity contribution is 6.42. The van der Waals surface area contributed by atoms with Crippen molar-refractivity contribution in [3.8, 4) is 0 Å². The van der Waals surface area contributed by atoms with E-state index < -0.39 is 0 Å². The molecule has 0 saturated heterocycles. The summed E-state index contributed by atoms with van der Waals surface area (Å²) >= 11 is 23.5. The van der Waals surface area contributed by atoms with Crippen molar-refractivity contribution in [1.82, 2.24) is 0 Å². The van der Waals surface area contributed by atoms with Crippen LogP contribution in [0.2, 0.25) is 20.1 Å². The molecule has 0 N–H and O–H groups in total. The van der Waals surface area contributed by atoms with Crippen molar-refractivity contribution in [3.63, 3.8) is 0 Å². The predicted molar refractivity (Wildman–Crippen MR) is 85.3 cm³/mol. The Hall–Kier alpha value is -0.730. The van der Waals surface area contributed by atoms with E-state index in [9.17, 15) is 4.79 Å². The van der Waals surface area contributed by atoms with Gasteiger partial charge in [0.15, 0.2) is 0 Å². The molecule has 0 aliphatic carbocycles. The predicted octanol–water partition coefficient (Wildman–Crippen LogP) is 5.65. The maximum absolute atomic E-state index is 12.0. The molecule has 1 nitrogen and oxygen atoms in total. The molecule has 0 atom stereocenters. The summed E-state index contributed by atoms with van der Waals surface area (Å²) in [5.74, 6) is 0.0711. The van der Waals surface area contributed by atoms with Gasteiger partial charge in [0.25, 0.3) is 0 Å². The molecule has 0 unspecified atom stereocenters. The zero-order chi connectivity index (χ0) is 14.7. The Kier molecular flexibility index (Phi) is 5.34. The van der Waals surface area contributed by atoms with Gasteiger partial charge in [-0.05, 0) is 35.4 Å². The monoisotopic (exact) mass is 346 g/mol. The van der Waals surface area contributed by atoms with Gasteiger partial charge in [-0.3, -0.25) is 4.79 Å². The quantitative estimate of drug-likeness (QED) is 0.697. The molecular formula is C15H10Cl4O. The number of benzene rings is 2. The first-order chi connectivity index (χ1) is 9.45. The summed E-state index contributed by atoms with van der Waals surface area (Å²) in [6.45, 7) is 0. The fourth-order valence-electron chi connectivity index (χ4n) is 1.82. The summed E-state index contributed by atoms with van der Waals surface area (Å²) in [6, 6.07) is 10.4. The lowest BCUT2D eigenvalue weighted by molar-refractivity contribution is -0.117. The number of carbonyl (C=O) groups is 1. The number of Topliss-reactive ketones (excluding diaryl/α,β-unsaturated/α-hetero) is 1. The van der Waals surface area contributed by atoms with Crippen LogP contribution in [-0.4, -0.2) is 5.78 Å². The maximum atomic E-state index is 12.0. The van der Waals surface area contributed by atoms with E-state index in [1.165, 1.54) is 0 Å². The van der Waals surface area contributed by atoms with Crippen molar-refractivity contribution in [2.24, 2.45) is 0 Å². The molecule has 104 valence electrons. The van der Waals surface area contributed by atoms with Crippen LogP contribution in [0.15, 0.2) is 36.4 Å². The highest BCUT2D eigenvalue weighted by Gasteiger charge is 2.08. The van der Waals surface area contributed by atoms with Crippen molar-refractivity contribution in [3.05, 3.63) is 67.6 Å². The van der Waals surface area contributed by atoms with Crippen LogP contribution >= 0.6 is 46.4 Å². The Bertz CT molecular complexity index is 597. The minimum absolute atomic E-state index is 0.0711. The largest absolute Gasteiger partial charge is 0.299 e. The number of carbonyl (C=O) groups excluding carboxylic acids is 1. The standard InChI is InChI=1S/C15H10Cl4O/c16-12-3-1-9(7-14(12)18)5-11(20)6-10-2-4-13(17)15(19)8-10/h1-4,7-8H,5-6H2. The van der Waals surface area contributed by atoms with Crippen molar-refractivity contribution in [2.75, 3.05) is 0 Å². The number of rotatable bonds is 4. The third kappa shape index (κ3) is 4.13. The summed E-state index contributed by atoms with van der Waals surface area (Å²) in [6.07, 6.45) is 0.605. The molecule has 5 heteroatoms. The fraction of sp³-hybridized carbons (Fsp3) is 0.133. The average Bonchev–Trinajstić information content (AvgIpc) is 2.38. The van der Waals surface area contributed by atoms with Crippen LogP contribution < -0.4 is 0 Å². The van der Waals surface area contributed by atoms with Gasteiger partial charge in [0, 0.05) is 12.8 Å². The van der Waals surface area contributed by atoms with Gasteiger partial charge in [-0.1, -0.05) is 58.5 Å². The SMILES string of the molecule is O=C(Cc1ccc(Cl)c(Cl)c1)Cc1ccc(Cl)c(Cl)c1. The zero-order valence-corrected chi connectivity index (χ0v) is 13.3. The third-order valence-electron chi connectivity index (χ3n) is 2.77. The van der Waals surface area contributed by atoms with Gasteiger partial charge in [-0.25, -0.2) is 0 Å². The maximum Gasteiger partial charge on any atom is 0.141 e. The van der Waals surface area contributed by atoms with Crippen molar-refractivity contribution < 1.29 is 4.79 Å². The highest BCUT2D eigenvalue weighted by atomic mass is 35.5. The van der Waals surface area contributed by atoms with Crippen molar-refractivity contribution in [2.45, 2.75) is 12.8 Å². The normalized spacial score (nSPS) is 10.6. The summed E-state index contributed by atoms with van der Waals surface area (Å²) in [4.78, 5) is 12.0. The Labute approximate surface area is 137 Å². The summed E-state index contributed by atoms with van der Waals surface area (Å²) in [5, 5.41) is 1.86. The number of halogens is 4. The molecule has 0 aliphatic rings. The Morgan fingerprint density at radius 2 is 1.10 bits per heavy atom. The van der Waals surface area contributed by atoms with Crippen LogP contribution in [0.4, 0.5) is 0 Å². The van der Waals surface area contributed by atoms with Crippen LogP contribution in [0, 0.1) is 0 Å². The van der Waals surface area contributed by atoms with Crippen LogP contribution in [-0.2, 0) is 17.6 Å². The van der Waals surface area contributed by atoms with Crippen molar-refractivity contribution >= 4 is 52.2 Å². The lowest BCUT2D eigenvalue weighted by Gasteiger charge is -2.05. The van der Waals surface area contributed by atoms with Gasteiger partial charge in [-0.15, -0.1) is 0 Å². The number of hydrogen-bond donors (Lipinski definition) is 0. The molecule has 20 heavy (non-hydrogen) atoms. The molecule has 0 spiro atoms. The lowest BCUT2D eigenvalue weighted by atomic mass is 10.0. The van der Waals surface area contributed by atoms with Crippen LogP contribution in [0.1, 0.15) is 11.1 Å². The molecule has 2 aromatic carbocycles. The Morgan fingerprint density at radius 3 is 1.45 bits per heavy atom. The van der Waals surface area contributed by atoms with Gasteiger partial charge >= 0.3 is 0 Å². The highest BCUT2D eigenvalue weighted by Crippen LogP contribution is 2.24. The van der Waals surface area contributed by atoms with Gasteiger partial charge < -0.3 is 0 Å². The molecule has 0 heterocycles. The van der Waals surface area contributed by atoms with Gasteiger partial charge in [0.05, 0.1) is 20.1 Å². The van der Waals surface area contributed by atoms with E-state index in [2.05, 4.69) is 0 Å². The molecule has 0 bridgehead atoms. The lowest BCUT2D eigenvalue weighted by Crippen LogP contribution is -2.06. The van der Waals surface area contributed by atoms with Gasteiger partial charge in [0.1, 0.15) is 5.78 Å². The molecule has 2 rings (SSSR count). The van der Waals surface area contributed by atoms with E-state index in [1.807, 2.05) is 0 Å². The second-order valence-electron chi connectivity index (χ2n) is 4.39. The zero-order valence-electron chi connectivity index (χ0n) is 10.3. The first-order valence-corrected chi connectivity index (χ1v) is 7.36. The van der Waals surface area contributed by atoms with Crippen LogP contribution in [0.25, 0.3) is 0 Å². The van der Waals surface area contributed by atoms with Gasteiger partial charge in [0.2, 0.25) is 0 Å². The second kappa shape index (κ2) is 6.82.